The fourth-order valence-electron chi connectivity index (χ4n) is 4.15. The van der Waals surface area contributed by atoms with Crippen LogP contribution in [0.15, 0.2) is 0 Å². The molecule has 2 aliphatic rings. The fraction of sp³-hybridized carbons (Fsp3) is 1.00. The van der Waals surface area contributed by atoms with Gasteiger partial charge < -0.3 is 5.11 Å². The Morgan fingerprint density at radius 2 is 1.88 bits per heavy atom. The smallest absolute Gasteiger partial charge is 0.106 e. The number of hydrogen-bond donors (Lipinski definition) is 1. The number of alkyl halides is 1. The monoisotopic (exact) mass is 242 g/mol. The van der Waals surface area contributed by atoms with Crippen molar-refractivity contribution >= 4 is 0 Å². The van der Waals surface area contributed by atoms with Crippen molar-refractivity contribution in [2.45, 2.75) is 71.1 Å². The number of rotatable bonds is 2. The maximum atomic E-state index is 14.0. The second-order valence-corrected chi connectivity index (χ2v) is 6.37. The van der Waals surface area contributed by atoms with E-state index < -0.39 is 6.17 Å². The Bertz CT molecular complexity index is 243. The Labute approximate surface area is 105 Å². The average molecular weight is 242 g/mol. The number of halogens is 1. The van der Waals surface area contributed by atoms with E-state index in [9.17, 15) is 9.50 Å². The summed E-state index contributed by atoms with van der Waals surface area (Å²) in [5, 5.41) is 9.49. The molecule has 6 atom stereocenters. The maximum Gasteiger partial charge on any atom is 0.106 e. The standard InChI is InChI=1S/C15H27FO/c1-3-11-4-5-12(8-10(11)2)14-7-6-13(17)9-15(14)16/h10-15,17H,3-9H2,1-2H3. The highest BCUT2D eigenvalue weighted by atomic mass is 19.1. The lowest BCUT2D eigenvalue weighted by Crippen LogP contribution is -2.37. The first-order valence-corrected chi connectivity index (χ1v) is 7.44. The quantitative estimate of drug-likeness (QED) is 0.777. The molecule has 0 aromatic heterocycles. The molecule has 0 aliphatic heterocycles. The summed E-state index contributed by atoms with van der Waals surface area (Å²) in [4.78, 5) is 0. The molecule has 0 saturated heterocycles. The predicted molar refractivity (Wildman–Crippen MR) is 68.5 cm³/mol. The van der Waals surface area contributed by atoms with Crippen molar-refractivity contribution in [3.8, 4) is 0 Å². The molecular formula is C15H27FO. The van der Waals surface area contributed by atoms with Crippen molar-refractivity contribution in [3.63, 3.8) is 0 Å². The van der Waals surface area contributed by atoms with Gasteiger partial charge in [0, 0.05) is 6.42 Å². The Kier molecular flexibility index (Phi) is 4.46. The van der Waals surface area contributed by atoms with Gasteiger partial charge in [-0.2, -0.15) is 0 Å². The van der Waals surface area contributed by atoms with E-state index in [-0.39, 0.29) is 12.0 Å². The van der Waals surface area contributed by atoms with Gasteiger partial charge in [-0.3, -0.25) is 0 Å². The van der Waals surface area contributed by atoms with E-state index in [0.717, 1.165) is 24.7 Å². The molecule has 1 nitrogen and oxygen atoms in total. The molecule has 17 heavy (non-hydrogen) atoms. The topological polar surface area (TPSA) is 20.2 Å². The normalized spacial score (nSPS) is 48.0. The zero-order chi connectivity index (χ0) is 12.4. The van der Waals surface area contributed by atoms with Crippen LogP contribution in [0.5, 0.6) is 0 Å². The van der Waals surface area contributed by atoms with E-state index in [0.29, 0.717) is 12.3 Å². The summed E-state index contributed by atoms with van der Waals surface area (Å²) in [7, 11) is 0. The highest BCUT2D eigenvalue weighted by Crippen LogP contribution is 2.44. The van der Waals surface area contributed by atoms with Crippen LogP contribution >= 0.6 is 0 Å². The third-order valence-electron chi connectivity index (χ3n) is 5.31. The molecule has 6 unspecified atom stereocenters. The zero-order valence-electron chi connectivity index (χ0n) is 11.2. The Morgan fingerprint density at radius 1 is 1.12 bits per heavy atom. The van der Waals surface area contributed by atoms with E-state index in [4.69, 9.17) is 0 Å². The van der Waals surface area contributed by atoms with Crippen molar-refractivity contribution in [2.24, 2.45) is 23.7 Å². The van der Waals surface area contributed by atoms with Crippen molar-refractivity contribution in [1.29, 1.82) is 0 Å². The highest BCUT2D eigenvalue weighted by Gasteiger charge is 2.38. The third-order valence-corrected chi connectivity index (χ3v) is 5.31. The lowest BCUT2D eigenvalue weighted by molar-refractivity contribution is 0.00641. The molecule has 0 bridgehead atoms. The summed E-state index contributed by atoms with van der Waals surface area (Å²) in [6.45, 7) is 4.61. The van der Waals surface area contributed by atoms with Gasteiger partial charge in [-0.15, -0.1) is 0 Å². The lowest BCUT2D eigenvalue weighted by Gasteiger charge is -2.41. The molecule has 1 N–H and O–H groups in total. The van der Waals surface area contributed by atoms with Crippen LogP contribution in [0.3, 0.4) is 0 Å². The van der Waals surface area contributed by atoms with E-state index in [1.165, 1.54) is 25.7 Å². The van der Waals surface area contributed by atoms with Crippen LogP contribution in [0, 0.1) is 23.7 Å². The van der Waals surface area contributed by atoms with Crippen LogP contribution in [0.2, 0.25) is 0 Å². The van der Waals surface area contributed by atoms with Gasteiger partial charge in [0.1, 0.15) is 6.17 Å². The van der Waals surface area contributed by atoms with Gasteiger partial charge in [-0.1, -0.05) is 20.3 Å². The first-order valence-electron chi connectivity index (χ1n) is 7.44. The summed E-state index contributed by atoms with van der Waals surface area (Å²) in [6, 6.07) is 0. The summed E-state index contributed by atoms with van der Waals surface area (Å²) < 4.78 is 14.0. The van der Waals surface area contributed by atoms with E-state index in [2.05, 4.69) is 13.8 Å². The van der Waals surface area contributed by atoms with Gasteiger partial charge in [0.15, 0.2) is 0 Å². The Morgan fingerprint density at radius 3 is 2.47 bits per heavy atom. The minimum Gasteiger partial charge on any atom is -0.393 e. The van der Waals surface area contributed by atoms with Crippen LogP contribution in [0.1, 0.15) is 58.8 Å². The molecule has 0 spiro atoms. The Balaban J connectivity index is 1.91. The van der Waals surface area contributed by atoms with Gasteiger partial charge in [-0.05, 0) is 55.8 Å². The van der Waals surface area contributed by atoms with E-state index >= 15 is 0 Å². The molecule has 2 rings (SSSR count). The SMILES string of the molecule is CCC1CCC(C2CCC(O)CC2F)CC1C. The van der Waals surface area contributed by atoms with E-state index in [1.807, 2.05) is 0 Å². The van der Waals surface area contributed by atoms with Crippen molar-refractivity contribution < 1.29 is 9.50 Å². The molecule has 2 heteroatoms. The van der Waals surface area contributed by atoms with Gasteiger partial charge in [-0.25, -0.2) is 4.39 Å². The van der Waals surface area contributed by atoms with Crippen LogP contribution in [0.4, 0.5) is 4.39 Å². The third kappa shape index (κ3) is 3.01. The molecule has 0 heterocycles. The summed E-state index contributed by atoms with van der Waals surface area (Å²) in [5.41, 5.74) is 0. The van der Waals surface area contributed by atoms with Crippen molar-refractivity contribution in [3.05, 3.63) is 0 Å². The Hall–Kier alpha value is -0.110. The molecule has 0 amide bonds. The van der Waals surface area contributed by atoms with Crippen molar-refractivity contribution in [2.75, 3.05) is 0 Å². The second kappa shape index (κ2) is 5.69. The summed E-state index contributed by atoms with van der Waals surface area (Å²) in [5.74, 6) is 2.44. The largest absolute Gasteiger partial charge is 0.393 e. The first-order chi connectivity index (χ1) is 8.11. The van der Waals surface area contributed by atoms with Gasteiger partial charge in [0.25, 0.3) is 0 Å². The van der Waals surface area contributed by atoms with Crippen LogP contribution in [-0.4, -0.2) is 17.4 Å². The maximum absolute atomic E-state index is 14.0. The van der Waals surface area contributed by atoms with Gasteiger partial charge >= 0.3 is 0 Å². The highest BCUT2D eigenvalue weighted by molar-refractivity contribution is 4.88. The molecule has 2 fully saturated rings. The molecule has 2 aliphatic carbocycles. The zero-order valence-corrected chi connectivity index (χ0v) is 11.2. The predicted octanol–water partition coefficient (Wildman–Crippen LogP) is 3.95. The fourth-order valence-corrected chi connectivity index (χ4v) is 4.15. The van der Waals surface area contributed by atoms with Crippen molar-refractivity contribution in [1.82, 2.24) is 0 Å². The van der Waals surface area contributed by atoms with Gasteiger partial charge in [0.05, 0.1) is 6.10 Å². The minimum atomic E-state index is -0.755. The van der Waals surface area contributed by atoms with Crippen LogP contribution in [-0.2, 0) is 0 Å². The number of aliphatic hydroxyl groups is 1. The first kappa shape index (κ1) is 13.3. The summed E-state index contributed by atoms with van der Waals surface area (Å²) in [6.07, 6.45) is 5.93. The summed E-state index contributed by atoms with van der Waals surface area (Å²) >= 11 is 0. The molecule has 100 valence electrons. The average Bonchev–Trinajstić information content (AvgIpc) is 2.29. The van der Waals surface area contributed by atoms with Crippen LogP contribution < -0.4 is 0 Å². The lowest BCUT2D eigenvalue weighted by atomic mass is 9.66. The van der Waals surface area contributed by atoms with Gasteiger partial charge in [0.2, 0.25) is 0 Å². The molecular weight excluding hydrogens is 215 g/mol. The van der Waals surface area contributed by atoms with E-state index in [1.54, 1.807) is 0 Å². The molecule has 2 saturated carbocycles. The minimum absolute atomic E-state index is 0.235. The number of hydrogen-bond acceptors (Lipinski definition) is 1. The second-order valence-electron chi connectivity index (χ2n) is 6.37. The number of aliphatic hydroxyl groups excluding tert-OH is 1. The molecule has 0 aromatic carbocycles. The van der Waals surface area contributed by atoms with Crippen LogP contribution in [0.25, 0.3) is 0 Å². The molecule has 0 radical (unpaired) electrons. The molecule has 0 aromatic rings.